The van der Waals surface area contributed by atoms with Gasteiger partial charge in [0.05, 0.1) is 5.92 Å². The van der Waals surface area contributed by atoms with Crippen molar-refractivity contribution in [1.29, 1.82) is 0 Å². The maximum absolute atomic E-state index is 11.0. The molecule has 2 heterocycles. The first-order valence-corrected chi connectivity index (χ1v) is 5.73. The number of rotatable bonds is 2. The van der Waals surface area contributed by atoms with E-state index in [4.69, 9.17) is 9.84 Å². The molecule has 2 unspecified atom stereocenters. The summed E-state index contributed by atoms with van der Waals surface area (Å²) < 4.78 is 5.32. The summed E-state index contributed by atoms with van der Waals surface area (Å²) in [6, 6.07) is 0.547. The summed E-state index contributed by atoms with van der Waals surface area (Å²) >= 11 is 0. The fourth-order valence-corrected chi connectivity index (χ4v) is 2.67. The summed E-state index contributed by atoms with van der Waals surface area (Å²) in [6.45, 7) is 5.35. The van der Waals surface area contributed by atoms with E-state index >= 15 is 0 Å². The van der Waals surface area contributed by atoms with Gasteiger partial charge in [0.25, 0.3) is 0 Å². The molecule has 1 N–H and O–H groups in total. The zero-order valence-electron chi connectivity index (χ0n) is 9.19. The van der Waals surface area contributed by atoms with Crippen molar-refractivity contribution in [3.8, 4) is 0 Å². The molecule has 15 heavy (non-hydrogen) atoms. The average Bonchev–Trinajstić information content (AvgIpc) is 2.62. The van der Waals surface area contributed by atoms with Crippen LogP contribution in [0.1, 0.15) is 19.8 Å². The van der Waals surface area contributed by atoms with Crippen LogP contribution in [-0.2, 0) is 9.53 Å². The predicted octanol–water partition coefficient (Wildman–Crippen LogP) is 0.818. The van der Waals surface area contributed by atoms with Crippen LogP contribution in [0.5, 0.6) is 0 Å². The minimum atomic E-state index is -0.642. The van der Waals surface area contributed by atoms with E-state index in [2.05, 4.69) is 4.90 Å². The van der Waals surface area contributed by atoms with Crippen molar-refractivity contribution in [2.45, 2.75) is 25.8 Å². The Morgan fingerprint density at radius 2 is 2.00 bits per heavy atom. The summed E-state index contributed by atoms with van der Waals surface area (Å²) in [5, 5.41) is 9.05. The van der Waals surface area contributed by atoms with Gasteiger partial charge in [0.2, 0.25) is 0 Å². The third-order valence-corrected chi connectivity index (χ3v) is 3.67. The second kappa shape index (κ2) is 4.49. The first-order chi connectivity index (χ1) is 7.18. The van der Waals surface area contributed by atoms with Crippen LogP contribution in [-0.4, -0.2) is 48.3 Å². The molecule has 2 saturated heterocycles. The van der Waals surface area contributed by atoms with Crippen LogP contribution < -0.4 is 0 Å². The minimum Gasteiger partial charge on any atom is -0.481 e. The number of hydrogen-bond acceptors (Lipinski definition) is 3. The zero-order chi connectivity index (χ0) is 10.8. The normalized spacial score (nSPS) is 34.5. The number of aliphatic carboxylic acids is 1. The Morgan fingerprint density at radius 1 is 1.33 bits per heavy atom. The summed E-state index contributed by atoms with van der Waals surface area (Å²) in [7, 11) is 0. The van der Waals surface area contributed by atoms with Crippen molar-refractivity contribution < 1.29 is 14.6 Å². The molecule has 2 fully saturated rings. The molecule has 2 rings (SSSR count). The molecule has 2 atom stereocenters. The molecule has 0 saturated carbocycles. The van der Waals surface area contributed by atoms with E-state index in [1.54, 1.807) is 0 Å². The minimum absolute atomic E-state index is 0.173. The molecule has 0 aliphatic carbocycles. The van der Waals surface area contributed by atoms with E-state index in [1.807, 2.05) is 6.92 Å². The Kier molecular flexibility index (Phi) is 3.26. The van der Waals surface area contributed by atoms with Gasteiger partial charge in [-0.2, -0.15) is 0 Å². The van der Waals surface area contributed by atoms with Gasteiger partial charge < -0.3 is 9.84 Å². The van der Waals surface area contributed by atoms with Crippen molar-refractivity contribution in [3.63, 3.8) is 0 Å². The molecule has 0 bridgehead atoms. The standard InChI is InChI=1S/C11H19NO3/c1-8-6-12(7-10(8)11(13)14)9-2-4-15-5-3-9/h8-10H,2-7H2,1H3,(H,13,14). The average molecular weight is 213 g/mol. The number of carboxylic acid groups (broad SMARTS) is 1. The monoisotopic (exact) mass is 213 g/mol. The van der Waals surface area contributed by atoms with Gasteiger partial charge in [0.15, 0.2) is 0 Å². The Labute approximate surface area is 90.2 Å². The Hall–Kier alpha value is -0.610. The molecule has 0 aromatic rings. The van der Waals surface area contributed by atoms with E-state index in [0.29, 0.717) is 6.04 Å². The highest BCUT2D eigenvalue weighted by Gasteiger charge is 2.37. The third-order valence-electron chi connectivity index (χ3n) is 3.67. The molecule has 0 aromatic heterocycles. The van der Waals surface area contributed by atoms with Gasteiger partial charge in [-0.1, -0.05) is 6.92 Å². The lowest BCUT2D eigenvalue weighted by atomic mass is 9.99. The van der Waals surface area contributed by atoms with Crippen molar-refractivity contribution in [2.24, 2.45) is 11.8 Å². The second-order valence-electron chi connectivity index (χ2n) is 4.72. The smallest absolute Gasteiger partial charge is 0.308 e. The Bertz CT molecular complexity index is 238. The SMILES string of the molecule is CC1CN(C2CCOCC2)CC1C(=O)O. The molecule has 2 aliphatic heterocycles. The van der Waals surface area contributed by atoms with E-state index in [9.17, 15) is 4.79 Å². The first-order valence-electron chi connectivity index (χ1n) is 5.73. The van der Waals surface area contributed by atoms with Crippen LogP contribution in [0.15, 0.2) is 0 Å². The van der Waals surface area contributed by atoms with E-state index in [-0.39, 0.29) is 11.8 Å². The molecular weight excluding hydrogens is 194 g/mol. The zero-order valence-corrected chi connectivity index (χ0v) is 9.19. The lowest BCUT2D eigenvalue weighted by Gasteiger charge is -2.30. The van der Waals surface area contributed by atoms with Crippen LogP contribution in [0.3, 0.4) is 0 Å². The van der Waals surface area contributed by atoms with Gasteiger partial charge in [-0.3, -0.25) is 9.69 Å². The van der Waals surface area contributed by atoms with E-state index < -0.39 is 5.97 Å². The molecule has 0 amide bonds. The molecule has 0 aromatic carbocycles. The molecule has 4 nitrogen and oxygen atoms in total. The van der Waals surface area contributed by atoms with Gasteiger partial charge in [0, 0.05) is 32.3 Å². The third kappa shape index (κ3) is 2.32. The van der Waals surface area contributed by atoms with Gasteiger partial charge in [-0.15, -0.1) is 0 Å². The van der Waals surface area contributed by atoms with E-state index in [0.717, 1.165) is 39.1 Å². The predicted molar refractivity (Wildman–Crippen MR) is 55.7 cm³/mol. The number of carboxylic acids is 1. The fraction of sp³-hybridized carbons (Fsp3) is 0.909. The number of likely N-dealkylation sites (tertiary alicyclic amines) is 1. The largest absolute Gasteiger partial charge is 0.481 e. The summed E-state index contributed by atoms with van der Waals surface area (Å²) in [5.74, 6) is -0.532. The highest BCUT2D eigenvalue weighted by molar-refractivity contribution is 5.71. The number of hydrogen-bond donors (Lipinski definition) is 1. The molecule has 0 spiro atoms. The summed E-state index contributed by atoms with van der Waals surface area (Å²) in [5.41, 5.74) is 0. The maximum Gasteiger partial charge on any atom is 0.308 e. The van der Waals surface area contributed by atoms with Crippen LogP contribution >= 0.6 is 0 Å². The lowest BCUT2D eigenvalue weighted by Crippen LogP contribution is -2.38. The van der Waals surface area contributed by atoms with Crippen molar-refractivity contribution >= 4 is 5.97 Å². The van der Waals surface area contributed by atoms with Crippen LogP contribution in [0.4, 0.5) is 0 Å². The summed E-state index contributed by atoms with van der Waals surface area (Å²) in [6.07, 6.45) is 2.11. The molecule has 0 radical (unpaired) electrons. The lowest BCUT2D eigenvalue weighted by molar-refractivity contribution is -0.142. The molecular formula is C11H19NO3. The highest BCUT2D eigenvalue weighted by atomic mass is 16.5. The van der Waals surface area contributed by atoms with E-state index in [1.165, 1.54) is 0 Å². The molecule has 4 heteroatoms. The van der Waals surface area contributed by atoms with Crippen molar-refractivity contribution in [1.82, 2.24) is 4.90 Å². The second-order valence-corrected chi connectivity index (χ2v) is 4.72. The molecule has 2 aliphatic rings. The fourth-order valence-electron chi connectivity index (χ4n) is 2.67. The number of nitrogens with zero attached hydrogens (tertiary/aromatic N) is 1. The Balaban J connectivity index is 1.92. The van der Waals surface area contributed by atoms with Crippen LogP contribution in [0, 0.1) is 11.8 Å². The van der Waals surface area contributed by atoms with Gasteiger partial charge in [0.1, 0.15) is 0 Å². The molecule has 86 valence electrons. The topological polar surface area (TPSA) is 49.8 Å². The van der Waals surface area contributed by atoms with Gasteiger partial charge >= 0.3 is 5.97 Å². The highest BCUT2D eigenvalue weighted by Crippen LogP contribution is 2.27. The maximum atomic E-state index is 11.0. The number of carbonyl (C=O) groups is 1. The summed E-state index contributed by atoms with van der Waals surface area (Å²) in [4.78, 5) is 13.3. The van der Waals surface area contributed by atoms with Gasteiger partial charge in [-0.25, -0.2) is 0 Å². The number of ether oxygens (including phenoxy) is 1. The Morgan fingerprint density at radius 3 is 2.53 bits per heavy atom. The first kappa shape index (κ1) is 10.9. The quantitative estimate of drug-likeness (QED) is 0.737. The van der Waals surface area contributed by atoms with Crippen LogP contribution in [0.2, 0.25) is 0 Å². The van der Waals surface area contributed by atoms with Crippen LogP contribution in [0.25, 0.3) is 0 Å². The van der Waals surface area contributed by atoms with Crippen molar-refractivity contribution in [3.05, 3.63) is 0 Å². The van der Waals surface area contributed by atoms with Crippen molar-refractivity contribution in [2.75, 3.05) is 26.3 Å². The van der Waals surface area contributed by atoms with Gasteiger partial charge in [-0.05, 0) is 18.8 Å².